The number of benzene rings is 2. The Bertz CT molecular complexity index is 839. The molecule has 0 aromatic heterocycles. The molecule has 0 radical (unpaired) electrons. The third kappa shape index (κ3) is 4.49. The Morgan fingerprint density at radius 3 is 2.19 bits per heavy atom. The number of non-ortho nitro benzene ring substituents is 1. The number of nitro benzene ring substituents is 1. The molecule has 2 aromatic rings. The summed E-state index contributed by atoms with van der Waals surface area (Å²) in [7, 11) is 0. The van der Waals surface area contributed by atoms with E-state index in [1.54, 1.807) is 4.90 Å². The van der Waals surface area contributed by atoms with E-state index in [0.29, 0.717) is 31.5 Å². The molecule has 0 aliphatic carbocycles. The number of piperidine rings is 1. The fourth-order valence-electron chi connectivity index (χ4n) is 3.13. The van der Waals surface area contributed by atoms with E-state index in [9.17, 15) is 19.7 Å². The zero-order valence-electron chi connectivity index (χ0n) is 15.1. The minimum atomic E-state index is -0.494. The molecule has 1 fully saturated rings. The van der Waals surface area contributed by atoms with Crippen LogP contribution in [0.15, 0.2) is 48.5 Å². The van der Waals surface area contributed by atoms with Crippen LogP contribution < -0.4 is 5.32 Å². The number of carbonyl (C=O) groups excluding carboxylic acids is 2. The van der Waals surface area contributed by atoms with Gasteiger partial charge in [-0.25, -0.2) is 0 Å². The number of rotatable bonds is 4. The van der Waals surface area contributed by atoms with Crippen LogP contribution in [0.4, 0.5) is 11.4 Å². The smallest absolute Gasteiger partial charge is 0.269 e. The quantitative estimate of drug-likeness (QED) is 0.662. The summed E-state index contributed by atoms with van der Waals surface area (Å²) in [6, 6.07) is 13.2. The Kier molecular flexibility index (Phi) is 5.49. The van der Waals surface area contributed by atoms with E-state index in [0.717, 1.165) is 11.3 Å². The van der Waals surface area contributed by atoms with Gasteiger partial charge < -0.3 is 10.2 Å². The highest BCUT2D eigenvalue weighted by Gasteiger charge is 2.28. The standard InChI is InChI=1S/C20H21N3O4/c1-14-2-6-17(7-3-14)21-19(24)15-10-12-22(13-11-15)20(25)16-4-8-18(9-5-16)23(26)27/h2-9,15H,10-13H2,1H3,(H,21,24). The van der Waals surface area contributed by atoms with Crippen molar-refractivity contribution in [3.05, 3.63) is 69.8 Å². The fourth-order valence-corrected chi connectivity index (χ4v) is 3.13. The van der Waals surface area contributed by atoms with Crippen molar-refractivity contribution in [3.8, 4) is 0 Å². The van der Waals surface area contributed by atoms with E-state index in [4.69, 9.17) is 0 Å². The topological polar surface area (TPSA) is 92.6 Å². The number of nitrogens with zero attached hydrogens (tertiary/aromatic N) is 2. The van der Waals surface area contributed by atoms with Gasteiger partial charge in [0.15, 0.2) is 0 Å². The predicted molar refractivity (Wildman–Crippen MR) is 102 cm³/mol. The summed E-state index contributed by atoms with van der Waals surface area (Å²) in [6.07, 6.45) is 1.19. The molecule has 27 heavy (non-hydrogen) atoms. The van der Waals surface area contributed by atoms with E-state index >= 15 is 0 Å². The van der Waals surface area contributed by atoms with Crippen molar-refractivity contribution in [1.82, 2.24) is 4.90 Å². The van der Waals surface area contributed by atoms with Gasteiger partial charge in [0.25, 0.3) is 11.6 Å². The third-order valence-corrected chi connectivity index (χ3v) is 4.80. The van der Waals surface area contributed by atoms with Crippen LogP contribution in [0.25, 0.3) is 0 Å². The summed E-state index contributed by atoms with van der Waals surface area (Å²) in [5, 5.41) is 13.6. The zero-order valence-corrected chi connectivity index (χ0v) is 15.1. The number of hydrogen-bond acceptors (Lipinski definition) is 4. The second kappa shape index (κ2) is 7.99. The molecule has 1 N–H and O–H groups in total. The van der Waals surface area contributed by atoms with Gasteiger partial charge in [-0.2, -0.15) is 0 Å². The minimum Gasteiger partial charge on any atom is -0.339 e. The largest absolute Gasteiger partial charge is 0.339 e. The van der Waals surface area contributed by atoms with E-state index < -0.39 is 4.92 Å². The average Bonchev–Trinajstić information content (AvgIpc) is 2.69. The lowest BCUT2D eigenvalue weighted by molar-refractivity contribution is -0.384. The molecule has 1 aliphatic rings. The number of nitro groups is 1. The predicted octanol–water partition coefficient (Wildman–Crippen LogP) is 3.39. The SMILES string of the molecule is Cc1ccc(NC(=O)C2CCN(C(=O)c3ccc([N+](=O)[O-])cc3)CC2)cc1. The van der Waals surface area contributed by atoms with Crippen molar-refractivity contribution >= 4 is 23.2 Å². The first-order valence-electron chi connectivity index (χ1n) is 8.85. The molecule has 0 spiro atoms. The second-order valence-electron chi connectivity index (χ2n) is 6.73. The molecule has 0 atom stereocenters. The summed E-state index contributed by atoms with van der Waals surface area (Å²) in [6.45, 7) is 2.97. The van der Waals surface area contributed by atoms with Crippen molar-refractivity contribution in [1.29, 1.82) is 0 Å². The van der Waals surface area contributed by atoms with Crippen molar-refractivity contribution in [2.45, 2.75) is 19.8 Å². The molecule has 1 saturated heterocycles. The molecule has 2 amide bonds. The van der Waals surface area contributed by atoms with Gasteiger partial charge in [-0.1, -0.05) is 17.7 Å². The molecule has 3 rings (SSSR count). The Labute approximate surface area is 157 Å². The van der Waals surface area contributed by atoms with Crippen LogP contribution >= 0.6 is 0 Å². The van der Waals surface area contributed by atoms with Crippen molar-refractivity contribution < 1.29 is 14.5 Å². The summed E-state index contributed by atoms with van der Waals surface area (Å²) in [5.41, 5.74) is 2.28. The van der Waals surface area contributed by atoms with Crippen LogP contribution in [0.2, 0.25) is 0 Å². The monoisotopic (exact) mass is 367 g/mol. The molecule has 0 bridgehead atoms. The van der Waals surface area contributed by atoms with E-state index in [1.807, 2.05) is 31.2 Å². The lowest BCUT2D eigenvalue weighted by Gasteiger charge is -2.31. The molecule has 0 saturated carbocycles. The molecular weight excluding hydrogens is 346 g/mol. The Balaban J connectivity index is 1.54. The van der Waals surface area contributed by atoms with Gasteiger partial charge in [-0.05, 0) is 44.0 Å². The third-order valence-electron chi connectivity index (χ3n) is 4.80. The molecule has 7 heteroatoms. The summed E-state index contributed by atoms with van der Waals surface area (Å²) < 4.78 is 0. The number of likely N-dealkylation sites (tertiary alicyclic amines) is 1. The zero-order chi connectivity index (χ0) is 19.4. The number of amides is 2. The molecule has 0 unspecified atom stereocenters. The van der Waals surface area contributed by atoms with Crippen LogP contribution in [0, 0.1) is 23.0 Å². The average molecular weight is 367 g/mol. The maximum absolute atomic E-state index is 12.5. The first kappa shape index (κ1) is 18.6. The van der Waals surface area contributed by atoms with Crippen LogP contribution in [0.1, 0.15) is 28.8 Å². The van der Waals surface area contributed by atoms with E-state index in [2.05, 4.69) is 5.32 Å². The molecule has 7 nitrogen and oxygen atoms in total. The van der Waals surface area contributed by atoms with Crippen LogP contribution in [0.5, 0.6) is 0 Å². The summed E-state index contributed by atoms with van der Waals surface area (Å²) in [5.74, 6) is -0.323. The number of nitrogens with one attached hydrogen (secondary N) is 1. The molecular formula is C20H21N3O4. The highest BCUT2D eigenvalue weighted by atomic mass is 16.6. The first-order chi connectivity index (χ1) is 12.9. The Morgan fingerprint density at radius 2 is 1.63 bits per heavy atom. The van der Waals surface area contributed by atoms with Gasteiger partial charge >= 0.3 is 0 Å². The van der Waals surface area contributed by atoms with Crippen LogP contribution in [-0.4, -0.2) is 34.7 Å². The van der Waals surface area contributed by atoms with Crippen LogP contribution in [-0.2, 0) is 4.79 Å². The van der Waals surface area contributed by atoms with Crippen molar-refractivity contribution in [2.75, 3.05) is 18.4 Å². The first-order valence-corrected chi connectivity index (χ1v) is 8.85. The van der Waals surface area contributed by atoms with Gasteiger partial charge in [0.05, 0.1) is 4.92 Å². The second-order valence-corrected chi connectivity index (χ2v) is 6.73. The van der Waals surface area contributed by atoms with E-state index in [-0.39, 0.29) is 23.4 Å². The molecule has 2 aromatic carbocycles. The van der Waals surface area contributed by atoms with Gasteiger partial charge in [0.2, 0.25) is 5.91 Å². The summed E-state index contributed by atoms with van der Waals surface area (Å²) in [4.78, 5) is 36.9. The van der Waals surface area contributed by atoms with Gasteiger partial charge in [-0.15, -0.1) is 0 Å². The van der Waals surface area contributed by atoms with Gasteiger partial charge in [-0.3, -0.25) is 19.7 Å². The van der Waals surface area contributed by atoms with Gasteiger partial charge in [0, 0.05) is 42.4 Å². The number of anilines is 1. The fraction of sp³-hybridized carbons (Fsp3) is 0.300. The normalized spacial score (nSPS) is 14.6. The number of aryl methyl sites for hydroxylation is 1. The van der Waals surface area contributed by atoms with Crippen molar-refractivity contribution in [2.24, 2.45) is 5.92 Å². The van der Waals surface area contributed by atoms with E-state index in [1.165, 1.54) is 24.3 Å². The Hall–Kier alpha value is -3.22. The highest BCUT2D eigenvalue weighted by Crippen LogP contribution is 2.22. The highest BCUT2D eigenvalue weighted by molar-refractivity contribution is 5.95. The molecule has 1 aliphatic heterocycles. The van der Waals surface area contributed by atoms with Crippen LogP contribution in [0.3, 0.4) is 0 Å². The van der Waals surface area contributed by atoms with Gasteiger partial charge in [0.1, 0.15) is 0 Å². The maximum Gasteiger partial charge on any atom is 0.269 e. The number of hydrogen-bond donors (Lipinski definition) is 1. The minimum absolute atomic E-state index is 0.0266. The summed E-state index contributed by atoms with van der Waals surface area (Å²) >= 11 is 0. The maximum atomic E-state index is 12.5. The lowest BCUT2D eigenvalue weighted by Crippen LogP contribution is -2.41. The molecule has 140 valence electrons. The number of carbonyl (C=O) groups is 2. The van der Waals surface area contributed by atoms with Crippen molar-refractivity contribution in [3.63, 3.8) is 0 Å². The lowest BCUT2D eigenvalue weighted by atomic mass is 9.95. The Morgan fingerprint density at radius 1 is 1.04 bits per heavy atom. The molecule has 1 heterocycles.